The van der Waals surface area contributed by atoms with Crippen molar-refractivity contribution in [1.82, 2.24) is 5.32 Å². The lowest BCUT2D eigenvalue weighted by Crippen LogP contribution is -2.54. The zero-order chi connectivity index (χ0) is 24.9. The number of benzene rings is 3. The second kappa shape index (κ2) is 10.4. The lowest BCUT2D eigenvalue weighted by Gasteiger charge is -2.28. The van der Waals surface area contributed by atoms with Gasteiger partial charge in [0.1, 0.15) is 23.7 Å². The van der Waals surface area contributed by atoms with E-state index < -0.39 is 17.8 Å². The number of para-hydroxylation sites is 1. The number of methoxy groups -OCH3 is 1. The molecule has 1 heterocycles. The van der Waals surface area contributed by atoms with Crippen molar-refractivity contribution in [1.29, 1.82) is 0 Å². The molecule has 0 bridgehead atoms. The van der Waals surface area contributed by atoms with Crippen molar-refractivity contribution >= 4 is 41.2 Å². The van der Waals surface area contributed by atoms with Gasteiger partial charge in [-0.1, -0.05) is 54.9 Å². The van der Waals surface area contributed by atoms with Gasteiger partial charge in [0.2, 0.25) is 0 Å². The molecule has 1 fully saturated rings. The second-order valence-electron chi connectivity index (χ2n) is 7.72. The number of amides is 4. The monoisotopic (exact) mass is 490 g/mol. The Labute approximate surface area is 207 Å². The van der Waals surface area contributed by atoms with Gasteiger partial charge in [-0.25, -0.2) is 9.69 Å². The van der Waals surface area contributed by atoms with Crippen molar-refractivity contribution in [3.8, 4) is 11.5 Å². The smallest absolute Gasteiger partial charge is 0.335 e. The number of hydrogen-bond acceptors (Lipinski definition) is 5. The molecule has 0 atom stereocenters. The fourth-order valence-electron chi connectivity index (χ4n) is 3.72. The molecule has 0 aromatic heterocycles. The summed E-state index contributed by atoms with van der Waals surface area (Å²) < 4.78 is 11.3. The van der Waals surface area contributed by atoms with Gasteiger partial charge in [-0.2, -0.15) is 0 Å². The van der Waals surface area contributed by atoms with Crippen molar-refractivity contribution in [2.24, 2.45) is 0 Å². The number of urea groups is 1. The molecule has 1 N–H and O–H groups in total. The van der Waals surface area contributed by atoms with Crippen LogP contribution in [0.15, 0.2) is 72.3 Å². The SMILES string of the molecule is CCc1ccccc1N1C(=O)NC(=O)/C(=C/c2ccc(OC)cc2OCc2ccccc2Cl)C1=O. The summed E-state index contributed by atoms with van der Waals surface area (Å²) in [4.78, 5) is 39.7. The lowest BCUT2D eigenvalue weighted by atomic mass is 10.0. The molecule has 178 valence electrons. The predicted octanol–water partition coefficient (Wildman–Crippen LogP) is 5.16. The molecule has 3 aromatic carbocycles. The van der Waals surface area contributed by atoms with Gasteiger partial charge < -0.3 is 9.47 Å². The summed E-state index contributed by atoms with van der Waals surface area (Å²) in [5.74, 6) is -0.574. The highest BCUT2D eigenvalue weighted by Crippen LogP contribution is 2.31. The third-order valence-corrected chi connectivity index (χ3v) is 5.95. The number of anilines is 1. The first-order valence-corrected chi connectivity index (χ1v) is 11.3. The number of aryl methyl sites for hydroxylation is 1. The molecule has 4 amide bonds. The molecule has 0 aliphatic carbocycles. The Kier molecular flexibility index (Phi) is 7.17. The van der Waals surface area contributed by atoms with E-state index in [4.69, 9.17) is 21.1 Å². The standard InChI is InChI=1S/C27H23ClN2O5/c1-3-17-8-5-7-11-23(17)30-26(32)21(25(31)29-27(30)33)14-18-12-13-20(34-2)15-24(18)35-16-19-9-4-6-10-22(19)28/h4-15H,3,16H2,1-2H3,(H,29,31,33)/b21-14-. The fourth-order valence-corrected chi connectivity index (χ4v) is 3.91. The van der Waals surface area contributed by atoms with Crippen LogP contribution in [0.25, 0.3) is 6.08 Å². The highest BCUT2D eigenvalue weighted by atomic mass is 35.5. The van der Waals surface area contributed by atoms with Crippen molar-refractivity contribution in [3.05, 3.63) is 94.0 Å². The normalized spacial score (nSPS) is 14.8. The van der Waals surface area contributed by atoms with Gasteiger partial charge in [0.15, 0.2) is 0 Å². The van der Waals surface area contributed by atoms with E-state index in [1.54, 1.807) is 36.4 Å². The Hall–Kier alpha value is -4.10. The Morgan fingerprint density at radius 1 is 0.971 bits per heavy atom. The molecule has 7 nitrogen and oxygen atoms in total. The van der Waals surface area contributed by atoms with Crippen LogP contribution in [0.3, 0.4) is 0 Å². The van der Waals surface area contributed by atoms with Crippen LogP contribution in [0.5, 0.6) is 11.5 Å². The summed E-state index contributed by atoms with van der Waals surface area (Å²) in [5.41, 5.74) is 2.28. The predicted molar refractivity (Wildman–Crippen MR) is 134 cm³/mol. The summed E-state index contributed by atoms with van der Waals surface area (Å²) in [5, 5.41) is 2.82. The summed E-state index contributed by atoms with van der Waals surface area (Å²) >= 11 is 6.24. The van der Waals surface area contributed by atoms with E-state index >= 15 is 0 Å². The van der Waals surface area contributed by atoms with Crippen LogP contribution >= 0.6 is 11.6 Å². The van der Waals surface area contributed by atoms with Gasteiger partial charge in [0.05, 0.1) is 12.8 Å². The van der Waals surface area contributed by atoms with E-state index in [2.05, 4.69) is 5.32 Å². The van der Waals surface area contributed by atoms with Crippen LogP contribution < -0.4 is 19.7 Å². The number of rotatable bonds is 7. The van der Waals surface area contributed by atoms with Crippen molar-refractivity contribution < 1.29 is 23.9 Å². The minimum atomic E-state index is -0.789. The number of halogens is 1. The number of nitrogens with zero attached hydrogens (tertiary/aromatic N) is 1. The van der Waals surface area contributed by atoms with E-state index in [1.807, 2.05) is 37.3 Å². The third kappa shape index (κ3) is 5.05. The van der Waals surface area contributed by atoms with Crippen LogP contribution in [0.2, 0.25) is 5.02 Å². The molecule has 8 heteroatoms. The van der Waals surface area contributed by atoms with E-state index in [9.17, 15) is 14.4 Å². The molecular formula is C27H23ClN2O5. The van der Waals surface area contributed by atoms with E-state index in [0.717, 1.165) is 16.0 Å². The number of imide groups is 2. The van der Waals surface area contributed by atoms with Crippen LogP contribution in [-0.4, -0.2) is 25.0 Å². The Balaban J connectivity index is 1.71. The maximum atomic E-state index is 13.4. The highest BCUT2D eigenvalue weighted by molar-refractivity contribution is 6.39. The topological polar surface area (TPSA) is 84.9 Å². The molecule has 0 radical (unpaired) electrons. The van der Waals surface area contributed by atoms with Gasteiger partial charge in [-0.15, -0.1) is 0 Å². The quantitative estimate of drug-likeness (QED) is 0.365. The Morgan fingerprint density at radius 2 is 1.69 bits per heavy atom. The number of carbonyl (C=O) groups is 3. The first-order valence-electron chi connectivity index (χ1n) is 11.0. The molecule has 1 aliphatic rings. The van der Waals surface area contributed by atoms with Crippen molar-refractivity contribution in [3.63, 3.8) is 0 Å². The number of nitrogens with one attached hydrogen (secondary N) is 1. The Morgan fingerprint density at radius 3 is 2.40 bits per heavy atom. The minimum Gasteiger partial charge on any atom is -0.497 e. The first kappa shape index (κ1) is 24.0. The fraction of sp³-hybridized carbons (Fsp3) is 0.148. The molecule has 0 saturated carbocycles. The molecule has 35 heavy (non-hydrogen) atoms. The molecular weight excluding hydrogens is 468 g/mol. The van der Waals surface area contributed by atoms with E-state index in [1.165, 1.54) is 13.2 Å². The second-order valence-corrected chi connectivity index (χ2v) is 8.13. The molecule has 1 aliphatic heterocycles. The average molecular weight is 491 g/mol. The average Bonchev–Trinajstić information content (AvgIpc) is 2.86. The van der Waals surface area contributed by atoms with Crippen molar-refractivity contribution in [2.75, 3.05) is 12.0 Å². The van der Waals surface area contributed by atoms with E-state index in [-0.39, 0.29) is 12.2 Å². The molecule has 3 aromatic rings. The van der Waals surface area contributed by atoms with Crippen LogP contribution in [-0.2, 0) is 22.6 Å². The molecule has 4 rings (SSSR count). The summed E-state index contributed by atoms with van der Waals surface area (Å²) in [6.45, 7) is 2.09. The summed E-state index contributed by atoms with van der Waals surface area (Å²) in [6.07, 6.45) is 2.02. The summed E-state index contributed by atoms with van der Waals surface area (Å²) in [7, 11) is 1.53. The van der Waals surface area contributed by atoms with Crippen LogP contribution in [0.4, 0.5) is 10.5 Å². The number of barbiturate groups is 1. The maximum absolute atomic E-state index is 13.4. The first-order chi connectivity index (χ1) is 16.9. The third-order valence-electron chi connectivity index (χ3n) is 5.58. The Bertz CT molecular complexity index is 1330. The minimum absolute atomic E-state index is 0.164. The summed E-state index contributed by atoms with van der Waals surface area (Å²) in [6, 6.07) is 18.6. The van der Waals surface area contributed by atoms with E-state index in [0.29, 0.717) is 34.2 Å². The number of ether oxygens (including phenoxy) is 2. The number of hydrogen-bond donors (Lipinski definition) is 1. The highest BCUT2D eigenvalue weighted by Gasteiger charge is 2.37. The van der Waals surface area contributed by atoms with Gasteiger partial charge in [0, 0.05) is 22.2 Å². The zero-order valence-corrected chi connectivity index (χ0v) is 20.0. The molecule has 0 unspecified atom stereocenters. The maximum Gasteiger partial charge on any atom is 0.335 e. The van der Waals surface area contributed by atoms with Gasteiger partial charge >= 0.3 is 6.03 Å². The zero-order valence-electron chi connectivity index (χ0n) is 19.2. The molecule has 0 spiro atoms. The largest absolute Gasteiger partial charge is 0.497 e. The van der Waals surface area contributed by atoms with Crippen molar-refractivity contribution in [2.45, 2.75) is 20.0 Å². The van der Waals surface area contributed by atoms with Gasteiger partial charge in [-0.05, 0) is 42.3 Å². The van der Waals surface area contributed by atoms with Gasteiger partial charge in [0.25, 0.3) is 11.8 Å². The lowest BCUT2D eigenvalue weighted by molar-refractivity contribution is -0.122. The van der Waals surface area contributed by atoms with Gasteiger partial charge in [-0.3, -0.25) is 14.9 Å². The number of carbonyl (C=O) groups excluding carboxylic acids is 3. The molecule has 1 saturated heterocycles. The van der Waals surface area contributed by atoms with Crippen LogP contribution in [0.1, 0.15) is 23.6 Å². The van der Waals surface area contributed by atoms with Crippen LogP contribution in [0, 0.1) is 0 Å².